The molecule has 0 saturated carbocycles. The number of hydrogen-bond donors (Lipinski definition) is 2. The number of rotatable bonds is 3. The first kappa shape index (κ1) is 14.7. The van der Waals surface area contributed by atoms with Crippen LogP contribution in [0.1, 0.15) is 5.56 Å². The van der Waals surface area contributed by atoms with Crippen LogP contribution in [-0.2, 0) is 0 Å². The van der Waals surface area contributed by atoms with E-state index in [1.807, 2.05) is 6.92 Å². The number of piperazine rings is 1. The van der Waals surface area contributed by atoms with E-state index in [2.05, 4.69) is 10.2 Å². The molecule has 0 spiro atoms. The highest BCUT2D eigenvalue weighted by Gasteiger charge is 2.21. The second-order valence-electron chi connectivity index (χ2n) is 4.97. The molecule has 1 aliphatic heterocycles. The predicted molar refractivity (Wildman–Crippen MR) is 75.3 cm³/mol. The number of anilines is 1. The number of nitrogens with zero attached hydrogens (tertiary/aromatic N) is 2. The summed E-state index contributed by atoms with van der Waals surface area (Å²) in [5.41, 5.74) is 1.11. The van der Waals surface area contributed by atoms with Gasteiger partial charge in [0.05, 0.1) is 12.3 Å². The lowest BCUT2D eigenvalue weighted by Gasteiger charge is -2.34. The van der Waals surface area contributed by atoms with Crippen molar-refractivity contribution in [3.8, 4) is 0 Å². The molecular formula is C14H20FN3O2. The summed E-state index contributed by atoms with van der Waals surface area (Å²) < 4.78 is 13.6. The Morgan fingerprint density at radius 1 is 1.35 bits per heavy atom. The Bertz CT molecular complexity index is 473. The van der Waals surface area contributed by atoms with Gasteiger partial charge in [0.15, 0.2) is 0 Å². The summed E-state index contributed by atoms with van der Waals surface area (Å²) in [7, 11) is 0. The van der Waals surface area contributed by atoms with Gasteiger partial charge in [-0.25, -0.2) is 9.18 Å². The molecule has 1 aromatic carbocycles. The minimum absolute atomic E-state index is 0.126. The zero-order chi connectivity index (χ0) is 14.5. The number of aliphatic hydroxyl groups excluding tert-OH is 1. The summed E-state index contributed by atoms with van der Waals surface area (Å²) in [6.07, 6.45) is 0. The number of benzene rings is 1. The predicted octanol–water partition coefficient (Wildman–Crippen LogP) is 1.28. The monoisotopic (exact) mass is 281 g/mol. The van der Waals surface area contributed by atoms with Crippen molar-refractivity contribution in [2.45, 2.75) is 6.92 Å². The van der Waals surface area contributed by atoms with E-state index in [9.17, 15) is 9.18 Å². The zero-order valence-electron chi connectivity index (χ0n) is 11.6. The Morgan fingerprint density at radius 3 is 2.70 bits per heavy atom. The van der Waals surface area contributed by atoms with Crippen LogP contribution in [0.15, 0.2) is 18.2 Å². The van der Waals surface area contributed by atoms with Crippen LogP contribution in [0, 0.1) is 12.7 Å². The molecule has 6 heteroatoms. The molecule has 110 valence electrons. The Kier molecular flexibility index (Phi) is 4.92. The molecule has 1 saturated heterocycles. The minimum atomic E-state index is -0.428. The molecule has 1 aliphatic rings. The van der Waals surface area contributed by atoms with E-state index >= 15 is 0 Å². The third-order valence-corrected chi connectivity index (χ3v) is 3.44. The third-order valence-electron chi connectivity index (χ3n) is 3.44. The Morgan fingerprint density at radius 2 is 2.05 bits per heavy atom. The number of halogens is 1. The number of urea groups is 1. The van der Waals surface area contributed by atoms with E-state index in [0.717, 1.165) is 18.7 Å². The number of aryl methyl sites for hydroxylation is 1. The molecule has 2 rings (SSSR count). The summed E-state index contributed by atoms with van der Waals surface area (Å²) in [6, 6.07) is 4.36. The lowest BCUT2D eigenvalue weighted by atomic mass is 10.2. The largest absolute Gasteiger partial charge is 0.395 e. The van der Waals surface area contributed by atoms with Gasteiger partial charge in [-0.2, -0.15) is 0 Å². The lowest BCUT2D eigenvalue weighted by Crippen LogP contribution is -2.50. The SMILES string of the molecule is Cc1ccc(F)c(NC(=O)N2CCN(CCO)CC2)c1. The number of carbonyl (C=O) groups excluding carboxylic acids is 1. The maximum atomic E-state index is 13.6. The fourth-order valence-corrected chi connectivity index (χ4v) is 2.25. The molecule has 5 nitrogen and oxygen atoms in total. The summed E-state index contributed by atoms with van der Waals surface area (Å²) in [6.45, 7) is 5.22. The van der Waals surface area contributed by atoms with Crippen LogP contribution in [-0.4, -0.2) is 60.3 Å². The topological polar surface area (TPSA) is 55.8 Å². The van der Waals surface area contributed by atoms with Gasteiger partial charge in [0, 0.05) is 32.7 Å². The van der Waals surface area contributed by atoms with E-state index < -0.39 is 5.82 Å². The highest BCUT2D eigenvalue weighted by Crippen LogP contribution is 2.16. The van der Waals surface area contributed by atoms with Gasteiger partial charge in [-0.1, -0.05) is 6.07 Å². The van der Waals surface area contributed by atoms with Crippen molar-refractivity contribution >= 4 is 11.7 Å². The first-order chi connectivity index (χ1) is 9.60. The zero-order valence-corrected chi connectivity index (χ0v) is 11.6. The Labute approximate surface area is 118 Å². The van der Waals surface area contributed by atoms with Crippen molar-refractivity contribution in [3.63, 3.8) is 0 Å². The molecule has 20 heavy (non-hydrogen) atoms. The molecule has 0 radical (unpaired) electrons. The maximum Gasteiger partial charge on any atom is 0.322 e. The van der Waals surface area contributed by atoms with Crippen LogP contribution in [0.3, 0.4) is 0 Å². The number of β-amino-alcohol motifs (C(OH)–C–C–N with tert-alkyl or cyclic N) is 1. The van der Waals surface area contributed by atoms with Crippen molar-refractivity contribution in [2.75, 3.05) is 44.6 Å². The molecule has 2 N–H and O–H groups in total. The fraction of sp³-hybridized carbons (Fsp3) is 0.500. The molecule has 1 fully saturated rings. The standard InChI is InChI=1S/C14H20FN3O2/c1-11-2-3-12(15)13(10-11)16-14(20)18-6-4-17(5-7-18)8-9-19/h2-3,10,19H,4-9H2,1H3,(H,16,20). The van der Waals surface area contributed by atoms with Crippen molar-refractivity contribution in [1.29, 1.82) is 0 Å². The van der Waals surface area contributed by atoms with Gasteiger partial charge in [0.1, 0.15) is 5.82 Å². The molecule has 0 unspecified atom stereocenters. The number of hydrogen-bond acceptors (Lipinski definition) is 3. The van der Waals surface area contributed by atoms with Gasteiger partial charge in [-0.3, -0.25) is 4.90 Å². The average Bonchev–Trinajstić information content (AvgIpc) is 2.44. The molecule has 1 aromatic rings. The second-order valence-corrected chi connectivity index (χ2v) is 4.97. The van der Waals surface area contributed by atoms with E-state index in [0.29, 0.717) is 19.6 Å². The molecule has 0 bridgehead atoms. The number of amides is 2. The van der Waals surface area contributed by atoms with Gasteiger partial charge < -0.3 is 15.3 Å². The highest BCUT2D eigenvalue weighted by molar-refractivity contribution is 5.89. The van der Waals surface area contributed by atoms with Crippen molar-refractivity contribution in [1.82, 2.24) is 9.80 Å². The summed E-state index contributed by atoms with van der Waals surface area (Å²) in [5, 5.41) is 11.5. The van der Waals surface area contributed by atoms with Crippen LogP contribution in [0.4, 0.5) is 14.9 Å². The quantitative estimate of drug-likeness (QED) is 0.877. The average molecular weight is 281 g/mol. The molecular weight excluding hydrogens is 261 g/mol. The Balaban J connectivity index is 1.91. The fourth-order valence-electron chi connectivity index (χ4n) is 2.25. The normalized spacial score (nSPS) is 16.2. The summed E-state index contributed by atoms with van der Waals surface area (Å²) >= 11 is 0. The number of nitrogens with one attached hydrogen (secondary N) is 1. The first-order valence-electron chi connectivity index (χ1n) is 6.75. The van der Waals surface area contributed by atoms with Crippen LogP contribution in [0.5, 0.6) is 0 Å². The number of aliphatic hydroxyl groups is 1. The lowest BCUT2D eigenvalue weighted by molar-refractivity contribution is 0.127. The van der Waals surface area contributed by atoms with Crippen LogP contribution >= 0.6 is 0 Å². The van der Waals surface area contributed by atoms with Gasteiger partial charge in [-0.05, 0) is 24.6 Å². The second kappa shape index (κ2) is 6.67. The van der Waals surface area contributed by atoms with Gasteiger partial charge >= 0.3 is 6.03 Å². The van der Waals surface area contributed by atoms with Crippen LogP contribution in [0.25, 0.3) is 0 Å². The van der Waals surface area contributed by atoms with E-state index in [-0.39, 0.29) is 18.3 Å². The molecule has 2 amide bonds. The van der Waals surface area contributed by atoms with E-state index in [4.69, 9.17) is 5.11 Å². The smallest absolute Gasteiger partial charge is 0.322 e. The molecule has 0 aliphatic carbocycles. The van der Waals surface area contributed by atoms with E-state index in [1.54, 1.807) is 17.0 Å². The summed E-state index contributed by atoms with van der Waals surface area (Å²) in [4.78, 5) is 15.8. The van der Waals surface area contributed by atoms with Crippen LogP contribution in [0.2, 0.25) is 0 Å². The third kappa shape index (κ3) is 3.68. The first-order valence-corrected chi connectivity index (χ1v) is 6.75. The highest BCUT2D eigenvalue weighted by atomic mass is 19.1. The summed E-state index contributed by atoms with van der Waals surface area (Å²) in [5.74, 6) is -0.428. The van der Waals surface area contributed by atoms with Gasteiger partial charge in [0.25, 0.3) is 0 Å². The van der Waals surface area contributed by atoms with Crippen LogP contribution < -0.4 is 5.32 Å². The minimum Gasteiger partial charge on any atom is -0.395 e. The van der Waals surface area contributed by atoms with Crippen molar-refractivity contribution in [2.24, 2.45) is 0 Å². The molecule has 1 heterocycles. The Hall–Kier alpha value is -1.66. The maximum absolute atomic E-state index is 13.6. The van der Waals surface area contributed by atoms with Crippen molar-refractivity contribution in [3.05, 3.63) is 29.6 Å². The molecule has 0 atom stereocenters. The van der Waals surface area contributed by atoms with Crippen molar-refractivity contribution < 1.29 is 14.3 Å². The number of carbonyl (C=O) groups is 1. The van der Waals surface area contributed by atoms with Gasteiger partial charge in [0.2, 0.25) is 0 Å². The van der Waals surface area contributed by atoms with Gasteiger partial charge in [-0.15, -0.1) is 0 Å². The van der Waals surface area contributed by atoms with E-state index in [1.165, 1.54) is 6.07 Å². The molecule has 0 aromatic heterocycles.